The molecule has 1 N–H and O–H groups in total. The van der Waals surface area contributed by atoms with Gasteiger partial charge in [-0.2, -0.15) is 0 Å². The molecule has 1 atom stereocenters. The lowest BCUT2D eigenvalue weighted by Gasteiger charge is -2.17. The third-order valence-corrected chi connectivity index (χ3v) is 4.88. The standard InChI is InChI=1S/C18H19NO2S/c20-17(15-7-2-1-3-8-15)12-22-13-18(21)19-11-10-14-6-4-5-9-16(14)19/h1-9,17,20H,10-13H2/t17-/m1/s1. The number of rotatable bonds is 5. The van der Waals surface area contributed by atoms with E-state index in [0.717, 1.165) is 24.2 Å². The Morgan fingerprint density at radius 3 is 2.68 bits per heavy atom. The van der Waals surface area contributed by atoms with Crippen molar-refractivity contribution in [3.63, 3.8) is 0 Å². The predicted molar refractivity (Wildman–Crippen MR) is 91.2 cm³/mol. The first-order chi connectivity index (χ1) is 10.8. The second kappa shape index (κ2) is 6.99. The largest absolute Gasteiger partial charge is 0.388 e. The summed E-state index contributed by atoms with van der Waals surface area (Å²) >= 11 is 1.48. The van der Waals surface area contributed by atoms with E-state index in [0.29, 0.717) is 11.5 Å². The van der Waals surface area contributed by atoms with Gasteiger partial charge in [0.05, 0.1) is 11.9 Å². The molecule has 0 saturated heterocycles. The predicted octanol–water partition coefficient (Wildman–Crippen LogP) is 3.04. The van der Waals surface area contributed by atoms with Crippen LogP contribution in [0.3, 0.4) is 0 Å². The van der Waals surface area contributed by atoms with Crippen LogP contribution in [0.1, 0.15) is 17.2 Å². The van der Waals surface area contributed by atoms with Crippen molar-refractivity contribution < 1.29 is 9.90 Å². The Morgan fingerprint density at radius 2 is 1.86 bits per heavy atom. The molecule has 0 bridgehead atoms. The molecule has 22 heavy (non-hydrogen) atoms. The molecule has 1 aliphatic rings. The van der Waals surface area contributed by atoms with Gasteiger partial charge in [0.1, 0.15) is 0 Å². The molecular weight excluding hydrogens is 294 g/mol. The van der Waals surface area contributed by atoms with Gasteiger partial charge in [0.15, 0.2) is 0 Å². The van der Waals surface area contributed by atoms with Crippen LogP contribution in [0.25, 0.3) is 0 Å². The summed E-state index contributed by atoms with van der Waals surface area (Å²) in [6.07, 6.45) is 0.407. The molecule has 4 heteroatoms. The van der Waals surface area contributed by atoms with Gasteiger partial charge >= 0.3 is 0 Å². The zero-order valence-corrected chi connectivity index (χ0v) is 13.1. The van der Waals surface area contributed by atoms with Gasteiger partial charge < -0.3 is 10.0 Å². The second-order valence-corrected chi connectivity index (χ2v) is 6.40. The highest BCUT2D eigenvalue weighted by Crippen LogP contribution is 2.28. The van der Waals surface area contributed by atoms with Gasteiger partial charge in [0.25, 0.3) is 0 Å². The van der Waals surface area contributed by atoms with Crippen molar-refractivity contribution in [3.8, 4) is 0 Å². The van der Waals surface area contributed by atoms with Gasteiger partial charge in [-0.3, -0.25) is 4.79 Å². The maximum atomic E-state index is 12.3. The number of aliphatic hydroxyl groups excluding tert-OH is 1. The Labute approximate surface area is 135 Å². The molecule has 0 aromatic heterocycles. The molecule has 0 aliphatic carbocycles. The van der Waals surface area contributed by atoms with Gasteiger partial charge in [0.2, 0.25) is 5.91 Å². The Hall–Kier alpha value is -1.78. The van der Waals surface area contributed by atoms with Crippen molar-refractivity contribution in [2.24, 2.45) is 0 Å². The number of hydrogen-bond donors (Lipinski definition) is 1. The van der Waals surface area contributed by atoms with E-state index in [9.17, 15) is 9.90 Å². The van der Waals surface area contributed by atoms with E-state index >= 15 is 0 Å². The fraction of sp³-hybridized carbons (Fsp3) is 0.278. The van der Waals surface area contributed by atoms with Crippen molar-refractivity contribution in [2.45, 2.75) is 12.5 Å². The van der Waals surface area contributed by atoms with Crippen LogP contribution in [0.5, 0.6) is 0 Å². The fourth-order valence-corrected chi connectivity index (χ4v) is 3.57. The Balaban J connectivity index is 1.51. The van der Waals surface area contributed by atoms with Crippen LogP contribution in [0.15, 0.2) is 54.6 Å². The normalized spacial score (nSPS) is 14.7. The van der Waals surface area contributed by atoms with Crippen molar-refractivity contribution in [2.75, 3.05) is 23.0 Å². The van der Waals surface area contributed by atoms with Crippen LogP contribution in [0.4, 0.5) is 5.69 Å². The maximum absolute atomic E-state index is 12.3. The SMILES string of the molecule is O=C(CSC[C@@H](O)c1ccccc1)N1CCc2ccccc21. The van der Waals surface area contributed by atoms with Crippen LogP contribution < -0.4 is 4.90 Å². The zero-order chi connectivity index (χ0) is 15.4. The maximum Gasteiger partial charge on any atom is 0.236 e. The number of carbonyl (C=O) groups is 1. The van der Waals surface area contributed by atoms with Gasteiger partial charge in [-0.05, 0) is 23.6 Å². The summed E-state index contributed by atoms with van der Waals surface area (Å²) in [7, 11) is 0. The molecule has 2 aromatic rings. The van der Waals surface area contributed by atoms with Crippen molar-refractivity contribution in [1.82, 2.24) is 0 Å². The lowest BCUT2D eigenvalue weighted by molar-refractivity contribution is -0.116. The van der Waals surface area contributed by atoms with Gasteiger partial charge in [-0.1, -0.05) is 48.5 Å². The summed E-state index contributed by atoms with van der Waals surface area (Å²) < 4.78 is 0. The van der Waals surface area contributed by atoms with E-state index in [1.807, 2.05) is 53.4 Å². The highest BCUT2D eigenvalue weighted by atomic mass is 32.2. The molecule has 1 amide bonds. The number of hydrogen-bond acceptors (Lipinski definition) is 3. The first-order valence-electron chi connectivity index (χ1n) is 7.45. The van der Waals surface area contributed by atoms with E-state index in [1.54, 1.807) is 0 Å². The molecule has 3 nitrogen and oxygen atoms in total. The Kier molecular flexibility index (Phi) is 4.80. The molecule has 0 fully saturated rings. The summed E-state index contributed by atoms with van der Waals surface area (Å²) in [4.78, 5) is 14.2. The van der Waals surface area contributed by atoms with Gasteiger partial charge in [-0.25, -0.2) is 0 Å². The second-order valence-electron chi connectivity index (χ2n) is 5.37. The molecule has 0 radical (unpaired) electrons. The Bertz CT molecular complexity index is 645. The third kappa shape index (κ3) is 3.34. The van der Waals surface area contributed by atoms with E-state index in [-0.39, 0.29) is 5.91 Å². The molecule has 2 aromatic carbocycles. The zero-order valence-electron chi connectivity index (χ0n) is 12.3. The summed E-state index contributed by atoms with van der Waals surface area (Å²) in [5.41, 5.74) is 3.18. The van der Waals surface area contributed by atoms with Gasteiger partial charge in [-0.15, -0.1) is 11.8 Å². The molecule has 1 aliphatic heterocycles. The number of aliphatic hydroxyl groups is 1. The quantitative estimate of drug-likeness (QED) is 0.922. The number of benzene rings is 2. The number of nitrogens with zero attached hydrogens (tertiary/aromatic N) is 1. The van der Waals surface area contributed by atoms with Crippen LogP contribution in [0.2, 0.25) is 0 Å². The first-order valence-corrected chi connectivity index (χ1v) is 8.60. The van der Waals surface area contributed by atoms with Crippen LogP contribution >= 0.6 is 11.8 Å². The minimum atomic E-state index is -0.523. The monoisotopic (exact) mass is 313 g/mol. The van der Waals surface area contributed by atoms with Crippen LogP contribution in [0, 0.1) is 0 Å². The lowest BCUT2D eigenvalue weighted by atomic mass is 10.1. The molecule has 1 heterocycles. The number of para-hydroxylation sites is 1. The highest BCUT2D eigenvalue weighted by Gasteiger charge is 2.23. The highest BCUT2D eigenvalue weighted by molar-refractivity contribution is 8.00. The first kappa shape index (κ1) is 15.1. The van der Waals surface area contributed by atoms with E-state index in [4.69, 9.17) is 0 Å². The van der Waals surface area contributed by atoms with E-state index in [1.165, 1.54) is 17.3 Å². The topological polar surface area (TPSA) is 40.5 Å². The van der Waals surface area contributed by atoms with E-state index < -0.39 is 6.10 Å². The number of amides is 1. The fourth-order valence-electron chi connectivity index (χ4n) is 2.70. The van der Waals surface area contributed by atoms with Crippen molar-refractivity contribution in [1.29, 1.82) is 0 Å². The van der Waals surface area contributed by atoms with Crippen molar-refractivity contribution in [3.05, 3.63) is 65.7 Å². The molecule has 3 rings (SSSR count). The van der Waals surface area contributed by atoms with Gasteiger partial charge in [0, 0.05) is 18.0 Å². The molecule has 0 spiro atoms. The minimum Gasteiger partial charge on any atom is -0.388 e. The lowest BCUT2D eigenvalue weighted by Crippen LogP contribution is -2.30. The number of thioether (sulfide) groups is 1. The number of carbonyl (C=O) groups excluding carboxylic acids is 1. The summed E-state index contributed by atoms with van der Waals surface area (Å²) in [6, 6.07) is 17.6. The number of fused-ring (bicyclic) bond motifs is 1. The average molecular weight is 313 g/mol. The van der Waals surface area contributed by atoms with Crippen molar-refractivity contribution >= 4 is 23.4 Å². The molecule has 114 valence electrons. The smallest absolute Gasteiger partial charge is 0.236 e. The molecule has 0 saturated carbocycles. The molecule has 0 unspecified atom stereocenters. The summed E-state index contributed by atoms with van der Waals surface area (Å²) in [5, 5.41) is 10.1. The Morgan fingerprint density at radius 1 is 1.14 bits per heavy atom. The average Bonchev–Trinajstić information content (AvgIpc) is 2.99. The summed E-state index contributed by atoms with van der Waals surface area (Å²) in [5.74, 6) is 1.05. The minimum absolute atomic E-state index is 0.121. The van der Waals surface area contributed by atoms with Crippen LogP contribution in [-0.4, -0.2) is 29.1 Å². The number of anilines is 1. The summed E-state index contributed by atoms with van der Waals surface area (Å²) in [6.45, 7) is 0.764. The van der Waals surface area contributed by atoms with Crippen LogP contribution in [-0.2, 0) is 11.2 Å². The van der Waals surface area contributed by atoms with E-state index in [2.05, 4.69) is 6.07 Å². The molecular formula is C18H19NO2S. The third-order valence-electron chi connectivity index (χ3n) is 3.87.